The van der Waals surface area contributed by atoms with E-state index in [-0.39, 0.29) is 0 Å². The topological polar surface area (TPSA) is 9.23 Å². The summed E-state index contributed by atoms with van der Waals surface area (Å²) in [6.45, 7) is 6.76. The molecule has 0 heterocycles. The molecule has 18 heavy (non-hydrogen) atoms. The fourth-order valence-corrected chi connectivity index (χ4v) is 3.88. The summed E-state index contributed by atoms with van der Waals surface area (Å²) < 4.78 is 6.14. The van der Waals surface area contributed by atoms with Crippen LogP contribution in [-0.4, -0.2) is 15.1 Å². The zero-order valence-corrected chi connectivity index (χ0v) is 13.1. The minimum absolute atomic E-state index is 0.435. The zero-order valence-electron chi connectivity index (χ0n) is 12.1. The highest BCUT2D eigenvalue weighted by Gasteiger charge is 2.11. The third-order valence-electron chi connectivity index (χ3n) is 3.16. The van der Waals surface area contributed by atoms with Crippen LogP contribution < -0.4 is 0 Å². The molecular weight excluding hydrogens is 236 g/mol. The molecule has 0 aliphatic rings. The molecule has 1 unspecified atom stereocenters. The van der Waals surface area contributed by atoms with Gasteiger partial charge in [-0.15, -0.1) is 0 Å². The molecule has 0 aliphatic carbocycles. The minimum atomic E-state index is -0.683. The molecule has 1 aromatic carbocycles. The highest BCUT2D eigenvalue weighted by molar-refractivity contribution is 6.49. The smallest absolute Gasteiger partial charge is 0.213 e. The second-order valence-electron chi connectivity index (χ2n) is 5.14. The van der Waals surface area contributed by atoms with Crippen molar-refractivity contribution in [3.8, 4) is 0 Å². The van der Waals surface area contributed by atoms with E-state index in [9.17, 15) is 0 Å². The number of hydrogen-bond acceptors (Lipinski definition) is 1. The maximum Gasteiger partial charge on any atom is 0.213 e. The predicted octanol–water partition coefficient (Wildman–Crippen LogP) is 4.77. The van der Waals surface area contributed by atoms with Gasteiger partial charge in [0.05, 0.1) is 0 Å². The van der Waals surface area contributed by atoms with Gasteiger partial charge in [0, 0.05) is 6.10 Å². The van der Waals surface area contributed by atoms with E-state index in [4.69, 9.17) is 4.43 Å². The summed E-state index contributed by atoms with van der Waals surface area (Å²) >= 11 is 0. The third kappa shape index (κ3) is 6.97. The summed E-state index contributed by atoms with van der Waals surface area (Å²) in [4.78, 5) is 0. The lowest BCUT2D eigenvalue weighted by Gasteiger charge is -2.18. The van der Waals surface area contributed by atoms with Gasteiger partial charge in [-0.1, -0.05) is 62.9 Å². The first-order valence-corrected chi connectivity index (χ1v) is 9.37. The van der Waals surface area contributed by atoms with E-state index < -0.39 is 9.04 Å². The van der Waals surface area contributed by atoms with Crippen LogP contribution in [0.25, 0.3) is 0 Å². The number of benzene rings is 1. The fraction of sp³-hybridized carbons (Fsp3) is 0.625. The van der Waals surface area contributed by atoms with Crippen LogP contribution in [-0.2, 0) is 10.5 Å². The highest BCUT2D eigenvalue weighted by atomic mass is 28.3. The number of hydrogen-bond donors (Lipinski definition) is 0. The zero-order chi connectivity index (χ0) is 13.2. The molecule has 101 valence electrons. The molecule has 0 saturated heterocycles. The Hall–Kier alpha value is -0.603. The Morgan fingerprint density at radius 2 is 1.83 bits per heavy atom. The third-order valence-corrected chi connectivity index (χ3v) is 4.87. The average Bonchev–Trinajstić information content (AvgIpc) is 2.35. The minimum Gasteiger partial charge on any atom is -0.414 e. The van der Waals surface area contributed by atoms with E-state index in [1.807, 2.05) is 0 Å². The Morgan fingerprint density at radius 1 is 1.11 bits per heavy atom. The number of unbranched alkanes of at least 4 members (excludes halogenated alkanes) is 3. The van der Waals surface area contributed by atoms with E-state index in [1.165, 1.54) is 37.7 Å². The van der Waals surface area contributed by atoms with Crippen molar-refractivity contribution in [2.75, 3.05) is 0 Å². The van der Waals surface area contributed by atoms with Crippen molar-refractivity contribution in [3.05, 3.63) is 35.9 Å². The Balaban J connectivity index is 2.17. The van der Waals surface area contributed by atoms with Gasteiger partial charge in [-0.3, -0.25) is 0 Å². The fourth-order valence-electron chi connectivity index (χ4n) is 2.19. The van der Waals surface area contributed by atoms with Crippen molar-refractivity contribution in [1.29, 1.82) is 0 Å². The monoisotopic (exact) mass is 263 g/mol. The summed E-state index contributed by atoms with van der Waals surface area (Å²) in [6, 6.07) is 11.8. The van der Waals surface area contributed by atoms with Crippen LogP contribution in [0.1, 0.15) is 51.5 Å². The molecule has 0 aliphatic heterocycles. The summed E-state index contributed by atoms with van der Waals surface area (Å²) in [5.74, 6) is 0. The van der Waals surface area contributed by atoms with Crippen molar-refractivity contribution in [2.24, 2.45) is 0 Å². The normalized spacial score (nSPS) is 12.9. The van der Waals surface area contributed by atoms with Crippen molar-refractivity contribution in [1.82, 2.24) is 0 Å². The van der Waals surface area contributed by atoms with Gasteiger partial charge in [0.25, 0.3) is 0 Å². The van der Waals surface area contributed by atoms with E-state index in [0.29, 0.717) is 6.10 Å². The Morgan fingerprint density at radius 3 is 2.50 bits per heavy atom. The summed E-state index contributed by atoms with van der Waals surface area (Å²) in [5, 5.41) is 0. The first-order valence-electron chi connectivity index (χ1n) is 7.25. The molecule has 0 bridgehead atoms. The van der Waals surface area contributed by atoms with Crippen LogP contribution in [0.5, 0.6) is 0 Å². The van der Waals surface area contributed by atoms with E-state index >= 15 is 0 Å². The van der Waals surface area contributed by atoms with Gasteiger partial charge in [-0.2, -0.15) is 0 Å². The van der Waals surface area contributed by atoms with Crippen LogP contribution in [0.3, 0.4) is 0 Å². The van der Waals surface area contributed by atoms with Crippen molar-refractivity contribution < 1.29 is 4.43 Å². The molecule has 1 atom stereocenters. The van der Waals surface area contributed by atoms with Gasteiger partial charge < -0.3 is 4.43 Å². The van der Waals surface area contributed by atoms with E-state index in [1.54, 1.807) is 0 Å². The SMILES string of the molecule is CCCCCCC(C)O[Si](C)Cc1ccccc1. The molecule has 1 radical (unpaired) electrons. The maximum absolute atomic E-state index is 6.14. The maximum atomic E-state index is 6.14. The van der Waals surface area contributed by atoms with Crippen LogP contribution in [0.2, 0.25) is 6.55 Å². The molecule has 0 spiro atoms. The molecular formula is C16H27OSi. The van der Waals surface area contributed by atoms with Crippen molar-refractivity contribution in [3.63, 3.8) is 0 Å². The number of rotatable bonds is 9. The van der Waals surface area contributed by atoms with Gasteiger partial charge >= 0.3 is 0 Å². The van der Waals surface area contributed by atoms with Gasteiger partial charge in [0.1, 0.15) is 0 Å². The van der Waals surface area contributed by atoms with Crippen LogP contribution >= 0.6 is 0 Å². The Kier molecular flexibility index (Phi) is 8.02. The first-order chi connectivity index (χ1) is 8.72. The second kappa shape index (κ2) is 9.34. The van der Waals surface area contributed by atoms with Gasteiger partial charge in [0.2, 0.25) is 9.04 Å². The van der Waals surface area contributed by atoms with Crippen LogP contribution in [0, 0.1) is 0 Å². The molecule has 0 N–H and O–H groups in total. The van der Waals surface area contributed by atoms with Gasteiger partial charge in [-0.25, -0.2) is 0 Å². The lowest BCUT2D eigenvalue weighted by atomic mass is 10.1. The second-order valence-corrected chi connectivity index (χ2v) is 7.14. The van der Waals surface area contributed by atoms with E-state index in [0.717, 1.165) is 6.04 Å². The predicted molar refractivity (Wildman–Crippen MR) is 81.1 cm³/mol. The van der Waals surface area contributed by atoms with Gasteiger partial charge in [0.15, 0.2) is 0 Å². The molecule has 1 nitrogen and oxygen atoms in total. The molecule has 2 heteroatoms. The molecule has 1 aromatic rings. The standard InChI is InChI=1S/C16H27OSi/c1-4-5-6-8-11-15(2)17-18(3)14-16-12-9-7-10-13-16/h7,9-10,12-13,15H,4-6,8,11,14H2,1-3H3. The lowest BCUT2D eigenvalue weighted by molar-refractivity contribution is 0.207. The van der Waals surface area contributed by atoms with Gasteiger partial charge in [-0.05, 0) is 31.5 Å². The quantitative estimate of drug-likeness (QED) is 0.461. The average molecular weight is 263 g/mol. The lowest BCUT2D eigenvalue weighted by Crippen LogP contribution is -2.23. The Bertz CT molecular complexity index is 299. The molecule has 0 aromatic heterocycles. The molecule has 0 amide bonds. The van der Waals surface area contributed by atoms with Crippen molar-refractivity contribution in [2.45, 2.75) is 64.6 Å². The van der Waals surface area contributed by atoms with E-state index in [2.05, 4.69) is 50.7 Å². The first kappa shape index (κ1) is 15.5. The summed E-state index contributed by atoms with van der Waals surface area (Å²) in [5.41, 5.74) is 1.41. The van der Waals surface area contributed by atoms with Crippen molar-refractivity contribution >= 4 is 9.04 Å². The molecule has 0 fully saturated rings. The van der Waals surface area contributed by atoms with Crippen LogP contribution in [0.15, 0.2) is 30.3 Å². The Labute approximate surface area is 114 Å². The highest BCUT2D eigenvalue weighted by Crippen LogP contribution is 2.11. The summed E-state index contributed by atoms with van der Waals surface area (Å²) in [7, 11) is -0.683. The summed E-state index contributed by atoms with van der Waals surface area (Å²) in [6.07, 6.45) is 7.00. The molecule has 0 saturated carbocycles. The molecule has 1 rings (SSSR count). The van der Waals surface area contributed by atoms with Crippen LogP contribution in [0.4, 0.5) is 0 Å². The largest absolute Gasteiger partial charge is 0.414 e.